The van der Waals surface area contributed by atoms with Crippen molar-refractivity contribution in [3.8, 4) is 0 Å². The maximum absolute atomic E-state index is 5.39. The lowest BCUT2D eigenvalue weighted by Gasteiger charge is -2.23. The molecule has 0 bridgehead atoms. The highest BCUT2D eigenvalue weighted by molar-refractivity contribution is 9.10. The lowest BCUT2D eigenvalue weighted by Crippen LogP contribution is -2.29. The van der Waals surface area contributed by atoms with E-state index in [1.54, 1.807) is 6.20 Å². The molecule has 1 aromatic heterocycles. The summed E-state index contributed by atoms with van der Waals surface area (Å²) in [6.07, 6.45) is 5.92. The van der Waals surface area contributed by atoms with Gasteiger partial charge in [0.2, 0.25) is 0 Å². The third kappa shape index (κ3) is 2.69. The highest BCUT2D eigenvalue weighted by Crippen LogP contribution is 2.17. The van der Waals surface area contributed by atoms with E-state index in [4.69, 9.17) is 4.74 Å². The fourth-order valence-corrected chi connectivity index (χ4v) is 1.95. The van der Waals surface area contributed by atoms with Crippen LogP contribution in [0.25, 0.3) is 0 Å². The molecule has 0 amide bonds. The standard InChI is InChI=1S/C10H13BrN2O/c11-8-4-10(6-12-5-8)13-9-2-1-3-14-7-9/h4-6,9,13H,1-3,7H2/t9-/m1/s1. The van der Waals surface area contributed by atoms with E-state index in [2.05, 4.69) is 26.2 Å². The second kappa shape index (κ2) is 4.75. The van der Waals surface area contributed by atoms with Gasteiger partial charge in [0.1, 0.15) is 0 Å². The summed E-state index contributed by atoms with van der Waals surface area (Å²) >= 11 is 3.39. The molecule has 14 heavy (non-hydrogen) atoms. The van der Waals surface area contributed by atoms with Crippen LogP contribution in [0.1, 0.15) is 12.8 Å². The first-order valence-electron chi connectivity index (χ1n) is 4.79. The van der Waals surface area contributed by atoms with Gasteiger partial charge in [-0.25, -0.2) is 0 Å². The Labute approximate surface area is 92.0 Å². The van der Waals surface area contributed by atoms with Crippen molar-refractivity contribution in [2.24, 2.45) is 0 Å². The van der Waals surface area contributed by atoms with Gasteiger partial charge in [0, 0.05) is 23.3 Å². The zero-order valence-electron chi connectivity index (χ0n) is 7.87. The van der Waals surface area contributed by atoms with Crippen molar-refractivity contribution < 1.29 is 4.74 Å². The molecular weight excluding hydrogens is 244 g/mol. The van der Waals surface area contributed by atoms with Crippen LogP contribution in [0.5, 0.6) is 0 Å². The third-order valence-electron chi connectivity index (χ3n) is 2.24. The SMILES string of the molecule is Brc1cncc(N[C@@H]2CCCOC2)c1. The highest BCUT2D eigenvalue weighted by atomic mass is 79.9. The number of aromatic nitrogens is 1. The molecule has 1 N–H and O–H groups in total. The molecule has 1 saturated heterocycles. The van der Waals surface area contributed by atoms with Crippen LogP contribution in [0.4, 0.5) is 5.69 Å². The van der Waals surface area contributed by atoms with E-state index in [0.717, 1.165) is 29.8 Å². The monoisotopic (exact) mass is 256 g/mol. The summed E-state index contributed by atoms with van der Waals surface area (Å²) in [5.41, 5.74) is 1.05. The van der Waals surface area contributed by atoms with Gasteiger partial charge in [-0.2, -0.15) is 0 Å². The molecule has 1 atom stereocenters. The quantitative estimate of drug-likeness (QED) is 0.883. The van der Waals surface area contributed by atoms with Crippen molar-refractivity contribution in [2.45, 2.75) is 18.9 Å². The second-order valence-electron chi connectivity index (χ2n) is 3.45. The maximum Gasteiger partial charge on any atom is 0.0667 e. The molecular formula is C10H13BrN2O. The lowest BCUT2D eigenvalue weighted by atomic mass is 10.1. The lowest BCUT2D eigenvalue weighted by molar-refractivity contribution is 0.0876. The summed E-state index contributed by atoms with van der Waals surface area (Å²) in [4.78, 5) is 4.10. The Morgan fingerprint density at radius 2 is 2.43 bits per heavy atom. The van der Waals surface area contributed by atoms with Gasteiger partial charge in [0.15, 0.2) is 0 Å². The van der Waals surface area contributed by atoms with Crippen molar-refractivity contribution in [1.82, 2.24) is 4.98 Å². The molecule has 0 unspecified atom stereocenters. The van der Waals surface area contributed by atoms with Crippen LogP contribution >= 0.6 is 15.9 Å². The molecule has 76 valence electrons. The van der Waals surface area contributed by atoms with Gasteiger partial charge in [0.05, 0.1) is 18.5 Å². The van der Waals surface area contributed by atoms with Crippen molar-refractivity contribution in [3.63, 3.8) is 0 Å². The summed E-state index contributed by atoms with van der Waals surface area (Å²) in [7, 11) is 0. The Balaban J connectivity index is 1.95. The number of ether oxygens (including phenoxy) is 1. The molecule has 4 heteroatoms. The molecule has 0 aromatic carbocycles. The number of anilines is 1. The van der Waals surface area contributed by atoms with Gasteiger partial charge in [-0.3, -0.25) is 4.98 Å². The Morgan fingerprint density at radius 3 is 3.14 bits per heavy atom. The largest absolute Gasteiger partial charge is 0.379 e. The fourth-order valence-electron chi connectivity index (χ4n) is 1.58. The number of hydrogen-bond acceptors (Lipinski definition) is 3. The molecule has 0 saturated carbocycles. The van der Waals surface area contributed by atoms with E-state index in [-0.39, 0.29) is 0 Å². The van der Waals surface area contributed by atoms with E-state index in [0.29, 0.717) is 6.04 Å². The molecule has 1 aliphatic heterocycles. The zero-order chi connectivity index (χ0) is 9.80. The zero-order valence-corrected chi connectivity index (χ0v) is 9.46. The molecule has 1 aromatic rings. The van der Waals surface area contributed by atoms with Crippen LogP contribution in [-0.4, -0.2) is 24.2 Å². The maximum atomic E-state index is 5.39. The Morgan fingerprint density at radius 1 is 1.50 bits per heavy atom. The molecule has 1 aliphatic rings. The molecule has 1 fully saturated rings. The molecule has 2 rings (SSSR count). The van der Waals surface area contributed by atoms with E-state index < -0.39 is 0 Å². The van der Waals surface area contributed by atoms with Crippen LogP contribution < -0.4 is 5.32 Å². The molecule has 0 aliphatic carbocycles. The Bertz CT molecular complexity index is 300. The van der Waals surface area contributed by atoms with Crippen molar-refractivity contribution in [1.29, 1.82) is 0 Å². The average molecular weight is 257 g/mol. The van der Waals surface area contributed by atoms with Crippen LogP contribution in [0.3, 0.4) is 0 Å². The summed E-state index contributed by atoms with van der Waals surface area (Å²) in [6.45, 7) is 1.70. The molecule has 2 heterocycles. The number of pyridine rings is 1. The van der Waals surface area contributed by atoms with Gasteiger partial charge >= 0.3 is 0 Å². The summed E-state index contributed by atoms with van der Waals surface area (Å²) in [6, 6.07) is 2.46. The number of hydrogen-bond donors (Lipinski definition) is 1. The van der Waals surface area contributed by atoms with E-state index in [1.807, 2.05) is 12.3 Å². The minimum absolute atomic E-state index is 0.430. The highest BCUT2D eigenvalue weighted by Gasteiger charge is 2.13. The van der Waals surface area contributed by atoms with Gasteiger partial charge < -0.3 is 10.1 Å². The summed E-state index contributed by atoms with van der Waals surface area (Å²) < 4.78 is 6.39. The normalized spacial score (nSPS) is 21.9. The first-order chi connectivity index (χ1) is 6.84. The van der Waals surface area contributed by atoms with Crippen molar-refractivity contribution in [2.75, 3.05) is 18.5 Å². The Hall–Kier alpha value is -0.610. The summed E-state index contributed by atoms with van der Waals surface area (Å²) in [5, 5.41) is 3.40. The molecule has 0 radical (unpaired) electrons. The van der Waals surface area contributed by atoms with Crippen LogP contribution in [0, 0.1) is 0 Å². The number of rotatable bonds is 2. The minimum atomic E-state index is 0.430. The van der Waals surface area contributed by atoms with Crippen LogP contribution in [-0.2, 0) is 4.74 Å². The Kier molecular flexibility index (Phi) is 3.37. The van der Waals surface area contributed by atoms with E-state index in [9.17, 15) is 0 Å². The van der Waals surface area contributed by atoms with Crippen LogP contribution in [0.15, 0.2) is 22.9 Å². The van der Waals surface area contributed by atoms with Crippen molar-refractivity contribution in [3.05, 3.63) is 22.9 Å². The van der Waals surface area contributed by atoms with Crippen molar-refractivity contribution >= 4 is 21.6 Å². The molecule has 0 spiro atoms. The predicted octanol–water partition coefficient (Wildman–Crippen LogP) is 2.44. The second-order valence-corrected chi connectivity index (χ2v) is 4.37. The third-order valence-corrected chi connectivity index (χ3v) is 2.67. The average Bonchev–Trinajstić information content (AvgIpc) is 2.19. The van der Waals surface area contributed by atoms with Gasteiger partial charge in [-0.15, -0.1) is 0 Å². The predicted molar refractivity (Wildman–Crippen MR) is 59.4 cm³/mol. The first kappa shape index (κ1) is 9.93. The van der Waals surface area contributed by atoms with Crippen LogP contribution in [0.2, 0.25) is 0 Å². The minimum Gasteiger partial charge on any atom is -0.379 e. The van der Waals surface area contributed by atoms with E-state index in [1.165, 1.54) is 6.42 Å². The van der Waals surface area contributed by atoms with Gasteiger partial charge in [-0.05, 0) is 34.8 Å². The van der Waals surface area contributed by atoms with E-state index >= 15 is 0 Å². The molecule has 3 nitrogen and oxygen atoms in total. The number of nitrogens with one attached hydrogen (secondary N) is 1. The fraction of sp³-hybridized carbons (Fsp3) is 0.500. The topological polar surface area (TPSA) is 34.2 Å². The summed E-state index contributed by atoms with van der Waals surface area (Å²) in [5.74, 6) is 0. The number of nitrogens with zero attached hydrogens (tertiary/aromatic N) is 1. The smallest absolute Gasteiger partial charge is 0.0667 e. The van der Waals surface area contributed by atoms with Gasteiger partial charge in [-0.1, -0.05) is 0 Å². The first-order valence-corrected chi connectivity index (χ1v) is 5.59. The number of halogens is 1. The van der Waals surface area contributed by atoms with Gasteiger partial charge in [0.25, 0.3) is 0 Å².